The molecule has 1 aromatic rings. The molecule has 1 fully saturated rings. The summed E-state index contributed by atoms with van der Waals surface area (Å²) in [7, 11) is 0. The van der Waals surface area contributed by atoms with E-state index in [0.29, 0.717) is 6.10 Å². The SMILES string of the molecule is OC(Cc1ccsc1)CC1CCCO1. The second-order valence-corrected chi connectivity index (χ2v) is 4.64. The van der Waals surface area contributed by atoms with E-state index in [9.17, 15) is 5.11 Å². The van der Waals surface area contributed by atoms with Crippen molar-refractivity contribution < 1.29 is 9.84 Å². The molecular formula is C11H16O2S. The second kappa shape index (κ2) is 4.91. The number of aliphatic hydroxyl groups is 1. The fourth-order valence-corrected chi connectivity index (χ4v) is 2.58. The van der Waals surface area contributed by atoms with Crippen LogP contribution in [-0.4, -0.2) is 23.9 Å². The van der Waals surface area contributed by atoms with Crippen LogP contribution in [0.5, 0.6) is 0 Å². The molecule has 2 nitrogen and oxygen atoms in total. The van der Waals surface area contributed by atoms with E-state index in [0.717, 1.165) is 32.3 Å². The Morgan fingerprint density at radius 1 is 1.64 bits per heavy atom. The molecule has 1 aliphatic rings. The summed E-state index contributed by atoms with van der Waals surface area (Å²) in [6.07, 6.45) is 3.87. The molecule has 0 aromatic carbocycles. The molecule has 1 aliphatic heterocycles. The van der Waals surface area contributed by atoms with Crippen LogP contribution in [0.15, 0.2) is 16.8 Å². The molecule has 2 unspecified atom stereocenters. The zero-order valence-electron chi connectivity index (χ0n) is 8.19. The first-order valence-corrected chi connectivity index (χ1v) is 6.09. The van der Waals surface area contributed by atoms with Crippen molar-refractivity contribution in [3.05, 3.63) is 22.4 Å². The van der Waals surface area contributed by atoms with Crippen LogP contribution >= 0.6 is 11.3 Å². The van der Waals surface area contributed by atoms with E-state index >= 15 is 0 Å². The standard InChI is InChI=1S/C11H16O2S/c12-10(6-9-3-5-14-8-9)7-11-2-1-4-13-11/h3,5,8,10-12H,1-2,4,6-7H2. The Kier molecular flexibility index (Phi) is 3.56. The Bertz CT molecular complexity index is 252. The molecule has 1 aromatic heterocycles. The van der Waals surface area contributed by atoms with Gasteiger partial charge in [0, 0.05) is 6.61 Å². The van der Waals surface area contributed by atoms with E-state index in [1.807, 2.05) is 5.38 Å². The fraction of sp³-hybridized carbons (Fsp3) is 0.636. The fourth-order valence-electron chi connectivity index (χ4n) is 1.90. The average Bonchev–Trinajstić information content (AvgIpc) is 2.76. The van der Waals surface area contributed by atoms with E-state index in [1.54, 1.807) is 11.3 Å². The van der Waals surface area contributed by atoms with Crippen molar-refractivity contribution in [3.63, 3.8) is 0 Å². The van der Waals surface area contributed by atoms with Gasteiger partial charge in [-0.3, -0.25) is 0 Å². The van der Waals surface area contributed by atoms with Gasteiger partial charge in [-0.05, 0) is 48.1 Å². The van der Waals surface area contributed by atoms with Crippen molar-refractivity contribution in [3.8, 4) is 0 Å². The zero-order valence-corrected chi connectivity index (χ0v) is 9.00. The predicted octanol–water partition coefficient (Wildman–Crippen LogP) is 2.22. The van der Waals surface area contributed by atoms with Gasteiger partial charge in [-0.2, -0.15) is 11.3 Å². The van der Waals surface area contributed by atoms with Gasteiger partial charge in [-0.25, -0.2) is 0 Å². The molecule has 0 amide bonds. The molecule has 0 spiro atoms. The summed E-state index contributed by atoms with van der Waals surface area (Å²) in [6.45, 7) is 0.871. The van der Waals surface area contributed by atoms with Crippen LogP contribution in [-0.2, 0) is 11.2 Å². The van der Waals surface area contributed by atoms with Crippen molar-refractivity contribution in [1.29, 1.82) is 0 Å². The summed E-state index contributed by atoms with van der Waals surface area (Å²) in [6, 6.07) is 2.07. The Hall–Kier alpha value is -0.380. The molecule has 0 aliphatic carbocycles. The molecule has 1 saturated heterocycles. The van der Waals surface area contributed by atoms with Crippen LogP contribution in [0.3, 0.4) is 0 Å². The molecule has 2 heterocycles. The van der Waals surface area contributed by atoms with Gasteiger partial charge >= 0.3 is 0 Å². The highest BCUT2D eigenvalue weighted by Gasteiger charge is 2.19. The highest BCUT2D eigenvalue weighted by Crippen LogP contribution is 2.19. The maximum absolute atomic E-state index is 9.81. The van der Waals surface area contributed by atoms with E-state index in [2.05, 4.69) is 11.4 Å². The van der Waals surface area contributed by atoms with Gasteiger partial charge in [0.15, 0.2) is 0 Å². The summed E-state index contributed by atoms with van der Waals surface area (Å²) in [4.78, 5) is 0. The smallest absolute Gasteiger partial charge is 0.0605 e. The van der Waals surface area contributed by atoms with Crippen molar-refractivity contribution in [2.75, 3.05) is 6.61 Å². The molecule has 2 rings (SSSR count). The Morgan fingerprint density at radius 3 is 3.21 bits per heavy atom. The lowest BCUT2D eigenvalue weighted by Gasteiger charge is -2.14. The van der Waals surface area contributed by atoms with E-state index in [1.165, 1.54) is 5.56 Å². The molecular weight excluding hydrogens is 196 g/mol. The molecule has 78 valence electrons. The van der Waals surface area contributed by atoms with Crippen LogP contribution in [0.2, 0.25) is 0 Å². The number of hydrogen-bond acceptors (Lipinski definition) is 3. The minimum absolute atomic E-state index is 0.243. The third kappa shape index (κ3) is 2.80. The summed E-state index contributed by atoms with van der Waals surface area (Å²) >= 11 is 1.68. The molecule has 0 bridgehead atoms. The van der Waals surface area contributed by atoms with Crippen molar-refractivity contribution >= 4 is 11.3 Å². The average molecular weight is 212 g/mol. The first-order chi connectivity index (χ1) is 6.84. The van der Waals surface area contributed by atoms with Gasteiger partial charge in [0.05, 0.1) is 12.2 Å². The quantitative estimate of drug-likeness (QED) is 0.829. The minimum atomic E-state index is -0.243. The third-order valence-electron chi connectivity index (χ3n) is 2.61. The topological polar surface area (TPSA) is 29.5 Å². The first kappa shape index (κ1) is 10.1. The largest absolute Gasteiger partial charge is 0.393 e. The number of aliphatic hydroxyl groups excluding tert-OH is 1. The molecule has 14 heavy (non-hydrogen) atoms. The van der Waals surface area contributed by atoms with E-state index in [-0.39, 0.29) is 6.10 Å². The van der Waals surface area contributed by atoms with Gasteiger partial charge in [0.1, 0.15) is 0 Å². The number of rotatable bonds is 4. The number of hydrogen-bond donors (Lipinski definition) is 1. The lowest BCUT2D eigenvalue weighted by molar-refractivity contribution is 0.0541. The zero-order chi connectivity index (χ0) is 9.80. The van der Waals surface area contributed by atoms with Crippen LogP contribution in [0.25, 0.3) is 0 Å². The second-order valence-electron chi connectivity index (χ2n) is 3.86. The van der Waals surface area contributed by atoms with Gasteiger partial charge < -0.3 is 9.84 Å². The maximum atomic E-state index is 9.81. The van der Waals surface area contributed by atoms with E-state index < -0.39 is 0 Å². The van der Waals surface area contributed by atoms with Crippen molar-refractivity contribution in [1.82, 2.24) is 0 Å². The van der Waals surface area contributed by atoms with Gasteiger partial charge in [0.25, 0.3) is 0 Å². The van der Waals surface area contributed by atoms with Crippen LogP contribution < -0.4 is 0 Å². The summed E-state index contributed by atoms with van der Waals surface area (Å²) in [5, 5.41) is 14.0. The molecule has 0 saturated carbocycles. The van der Waals surface area contributed by atoms with E-state index in [4.69, 9.17) is 4.74 Å². The maximum Gasteiger partial charge on any atom is 0.0605 e. The first-order valence-electron chi connectivity index (χ1n) is 5.15. The van der Waals surface area contributed by atoms with Gasteiger partial charge in [-0.15, -0.1) is 0 Å². The monoisotopic (exact) mass is 212 g/mol. The Labute approximate surface area is 88.5 Å². The highest BCUT2D eigenvalue weighted by molar-refractivity contribution is 7.07. The lowest BCUT2D eigenvalue weighted by atomic mass is 10.0. The van der Waals surface area contributed by atoms with Crippen LogP contribution in [0, 0.1) is 0 Å². The van der Waals surface area contributed by atoms with Crippen molar-refractivity contribution in [2.24, 2.45) is 0 Å². The Morgan fingerprint density at radius 2 is 2.57 bits per heavy atom. The van der Waals surface area contributed by atoms with Crippen molar-refractivity contribution in [2.45, 2.75) is 37.9 Å². The minimum Gasteiger partial charge on any atom is -0.393 e. The Balaban J connectivity index is 1.75. The number of ether oxygens (including phenoxy) is 1. The summed E-state index contributed by atoms with van der Waals surface area (Å²) in [5.41, 5.74) is 1.24. The van der Waals surface area contributed by atoms with Gasteiger partial charge in [0.2, 0.25) is 0 Å². The third-order valence-corrected chi connectivity index (χ3v) is 3.34. The lowest BCUT2D eigenvalue weighted by Crippen LogP contribution is -2.18. The van der Waals surface area contributed by atoms with Gasteiger partial charge in [-0.1, -0.05) is 0 Å². The predicted molar refractivity (Wildman–Crippen MR) is 57.6 cm³/mol. The molecule has 1 N–H and O–H groups in total. The molecule has 3 heteroatoms. The normalized spacial score (nSPS) is 23.9. The summed E-state index contributed by atoms with van der Waals surface area (Å²) in [5.74, 6) is 0. The number of thiophene rings is 1. The molecule has 2 atom stereocenters. The highest BCUT2D eigenvalue weighted by atomic mass is 32.1. The summed E-state index contributed by atoms with van der Waals surface area (Å²) < 4.78 is 5.49. The van der Waals surface area contributed by atoms with Crippen LogP contribution in [0.1, 0.15) is 24.8 Å². The molecule has 0 radical (unpaired) electrons. The van der Waals surface area contributed by atoms with Crippen LogP contribution in [0.4, 0.5) is 0 Å².